The Hall–Kier alpha value is -1.25. The first-order chi connectivity index (χ1) is 11.4. The monoisotopic (exact) mass is 452 g/mol. The molecule has 134 valence electrons. The van der Waals surface area contributed by atoms with E-state index in [0.717, 1.165) is 22.2 Å². The molecule has 1 aliphatic carbocycles. The van der Waals surface area contributed by atoms with Crippen molar-refractivity contribution in [3.8, 4) is 5.75 Å². The van der Waals surface area contributed by atoms with Crippen LogP contribution in [0.2, 0.25) is 4.47 Å². The van der Waals surface area contributed by atoms with Crippen molar-refractivity contribution < 1.29 is 20.5 Å². The van der Waals surface area contributed by atoms with Crippen molar-refractivity contribution in [3.63, 3.8) is 0 Å². The van der Waals surface area contributed by atoms with Crippen LogP contribution in [0.25, 0.3) is 0 Å². The van der Waals surface area contributed by atoms with Gasteiger partial charge in [-0.2, -0.15) is 0 Å². The second-order valence-corrected chi connectivity index (χ2v) is 12.9. The van der Waals surface area contributed by atoms with E-state index in [1.54, 1.807) is 7.11 Å². The van der Waals surface area contributed by atoms with Gasteiger partial charge in [-0.15, -0.1) is 0 Å². The fraction of sp³-hybridized carbons (Fsp3) is 0.556. The minimum absolute atomic E-state index is 0.385. The van der Waals surface area contributed by atoms with Crippen LogP contribution in [0, 0.1) is 5.92 Å². The summed E-state index contributed by atoms with van der Waals surface area (Å²) < 4.78 is 18.3. The van der Waals surface area contributed by atoms with E-state index in [-0.39, 0.29) is 11.9 Å². The van der Waals surface area contributed by atoms with Crippen LogP contribution in [-0.4, -0.2) is 38.1 Å². The van der Waals surface area contributed by atoms with Crippen LogP contribution in [0.3, 0.4) is 0 Å². The van der Waals surface area contributed by atoms with E-state index in [2.05, 4.69) is 0 Å². The van der Waals surface area contributed by atoms with Gasteiger partial charge in [0.1, 0.15) is 0 Å². The molecule has 0 radical (unpaired) electrons. The van der Waals surface area contributed by atoms with Gasteiger partial charge in [0, 0.05) is 0 Å². The van der Waals surface area contributed by atoms with Gasteiger partial charge < -0.3 is 0 Å². The summed E-state index contributed by atoms with van der Waals surface area (Å²) in [6.07, 6.45) is 5.83. The number of carbonyl (C=O) groups is 2. The first kappa shape index (κ1) is 19.1. The summed E-state index contributed by atoms with van der Waals surface area (Å²) in [6.45, 7) is 2.77. The van der Waals surface area contributed by atoms with E-state index in [4.69, 9.17) is 10.9 Å². The molecular formula is C18H26O5Te. The van der Waals surface area contributed by atoms with Gasteiger partial charge in [0.25, 0.3) is 0 Å². The van der Waals surface area contributed by atoms with Crippen molar-refractivity contribution in [2.45, 2.75) is 50.4 Å². The maximum absolute atomic E-state index is 11.8. The van der Waals surface area contributed by atoms with E-state index >= 15 is 0 Å². The molecule has 0 unspecified atom stereocenters. The number of methoxy groups -OCH3 is 1. The topological polar surface area (TPSA) is 61.8 Å². The van der Waals surface area contributed by atoms with Crippen LogP contribution in [0.1, 0.15) is 46.0 Å². The van der Waals surface area contributed by atoms with Crippen LogP contribution < -0.4 is 8.35 Å². The second kappa shape index (κ2) is 8.73. The molecule has 0 aromatic heterocycles. The van der Waals surface area contributed by atoms with E-state index in [9.17, 15) is 9.59 Å². The molecule has 0 bridgehead atoms. The molecule has 24 heavy (non-hydrogen) atoms. The Morgan fingerprint density at radius 3 is 2.00 bits per heavy atom. The third-order valence-corrected chi connectivity index (χ3v) is 12.4. The summed E-state index contributed by atoms with van der Waals surface area (Å²) in [5, 5.41) is 0. The Morgan fingerprint density at radius 2 is 1.54 bits per heavy atom. The average Bonchev–Trinajstić information content (AvgIpc) is 2.54. The van der Waals surface area contributed by atoms with Gasteiger partial charge in [0.2, 0.25) is 0 Å². The fourth-order valence-corrected chi connectivity index (χ4v) is 11.1. The second-order valence-electron chi connectivity index (χ2n) is 6.11. The quantitative estimate of drug-likeness (QED) is 0.624. The van der Waals surface area contributed by atoms with Gasteiger partial charge >= 0.3 is 149 Å². The molecule has 1 aliphatic rings. The molecule has 1 aromatic rings. The van der Waals surface area contributed by atoms with Gasteiger partial charge in [-0.05, 0) is 0 Å². The predicted molar refractivity (Wildman–Crippen MR) is 93.3 cm³/mol. The van der Waals surface area contributed by atoms with E-state index in [1.807, 2.05) is 24.3 Å². The van der Waals surface area contributed by atoms with Gasteiger partial charge in [-0.25, -0.2) is 0 Å². The third-order valence-electron chi connectivity index (χ3n) is 4.10. The van der Waals surface area contributed by atoms with Crippen LogP contribution in [0.4, 0.5) is 0 Å². The number of rotatable bonds is 6. The molecule has 0 spiro atoms. The first-order valence-corrected chi connectivity index (χ1v) is 13.0. The number of ether oxygens (including phenoxy) is 1. The molecule has 1 fully saturated rings. The summed E-state index contributed by atoms with van der Waals surface area (Å²) in [7, 11) is 1.60. The molecule has 1 saturated carbocycles. The zero-order valence-corrected chi connectivity index (χ0v) is 16.9. The number of carbonyl (C=O) groups excluding carboxylic acids is 2. The Bertz CT molecular complexity index is 547. The van der Waals surface area contributed by atoms with Gasteiger partial charge in [-0.1, -0.05) is 0 Å². The summed E-state index contributed by atoms with van der Waals surface area (Å²) >= 11 is -3.84. The third kappa shape index (κ3) is 5.12. The number of hydrogen-bond donors (Lipinski definition) is 0. The number of benzene rings is 1. The molecule has 0 heterocycles. The van der Waals surface area contributed by atoms with Gasteiger partial charge in [0.15, 0.2) is 0 Å². The molecule has 0 N–H and O–H groups in total. The maximum atomic E-state index is 11.8. The van der Waals surface area contributed by atoms with Crippen molar-refractivity contribution >= 4 is 34.6 Å². The van der Waals surface area contributed by atoms with Crippen LogP contribution >= 0.6 is 0 Å². The van der Waals surface area contributed by atoms with Gasteiger partial charge in [-0.3, -0.25) is 0 Å². The molecular weight excluding hydrogens is 424 g/mol. The minimum atomic E-state index is -3.84. The predicted octanol–water partition coefficient (Wildman–Crippen LogP) is 3.05. The molecule has 6 heteroatoms. The van der Waals surface area contributed by atoms with E-state index in [0.29, 0.717) is 10.4 Å². The summed E-state index contributed by atoms with van der Waals surface area (Å²) in [4.78, 5) is 23.6. The summed E-state index contributed by atoms with van der Waals surface area (Å²) in [6, 6.07) is 7.39. The van der Waals surface area contributed by atoms with Crippen molar-refractivity contribution in [1.82, 2.24) is 0 Å². The standard InChI is InChI=1S/C18H26O5Te/c1-14(19)22-24(23-15(2)20,13-16-7-5-4-6-8-16)18-11-9-17(21-3)10-12-18/h9-12,16H,4-8,13H2,1-3H3. The summed E-state index contributed by atoms with van der Waals surface area (Å²) in [5.74, 6) is 0.396. The molecule has 0 atom stereocenters. The van der Waals surface area contributed by atoms with Crippen LogP contribution in [0.5, 0.6) is 5.75 Å². The van der Waals surface area contributed by atoms with Crippen molar-refractivity contribution in [1.29, 1.82) is 0 Å². The number of hydrogen-bond acceptors (Lipinski definition) is 5. The Kier molecular flexibility index (Phi) is 6.94. The Balaban J connectivity index is 2.37. The van der Waals surface area contributed by atoms with Crippen LogP contribution in [0.15, 0.2) is 24.3 Å². The molecule has 2 rings (SSSR count). The normalized spacial score (nSPS) is 16.3. The van der Waals surface area contributed by atoms with Gasteiger partial charge in [0.05, 0.1) is 0 Å². The van der Waals surface area contributed by atoms with E-state index in [1.165, 1.54) is 33.1 Å². The Labute approximate surface area is 148 Å². The average molecular weight is 450 g/mol. The zero-order valence-electron chi connectivity index (χ0n) is 14.6. The molecule has 0 amide bonds. The van der Waals surface area contributed by atoms with Crippen molar-refractivity contribution in [2.24, 2.45) is 5.92 Å². The molecule has 1 aromatic carbocycles. The molecule has 0 aliphatic heterocycles. The van der Waals surface area contributed by atoms with Crippen molar-refractivity contribution in [3.05, 3.63) is 24.3 Å². The first-order valence-electron chi connectivity index (χ1n) is 8.30. The Morgan fingerprint density at radius 1 is 1.00 bits per heavy atom. The fourth-order valence-electron chi connectivity index (χ4n) is 3.10. The van der Waals surface area contributed by atoms with Crippen molar-refractivity contribution in [2.75, 3.05) is 7.11 Å². The van der Waals surface area contributed by atoms with Crippen LogP contribution in [-0.2, 0) is 15.8 Å². The molecule has 0 saturated heterocycles. The van der Waals surface area contributed by atoms with E-state index < -0.39 is 19.0 Å². The molecule has 5 nitrogen and oxygen atoms in total. The zero-order chi connectivity index (χ0) is 17.6. The summed E-state index contributed by atoms with van der Waals surface area (Å²) in [5.41, 5.74) is 0. The SMILES string of the molecule is COc1ccc([Te](CC2CCCCC2)(OC(C)=O)OC(C)=O)cc1.